The maximum atomic E-state index is 6.30. The quantitative estimate of drug-likeness (QED) is 0.850. The number of ether oxygens (including phenoxy) is 2. The Morgan fingerprint density at radius 2 is 2.11 bits per heavy atom. The predicted octanol–water partition coefficient (Wildman–Crippen LogP) is 4.03. The van der Waals surface area contributed by atoms with Crippen molar-refractivity contribution in [2.45, 2.75) is 25.5 Å². The summed E-state index contributed by atoms with van der Waals surface area (Å²) in [6.07, 6.45) is 4.73. The summed E-state index contributed by atoms with van der Waals surface area (Å²) in [6, 6.07) is 9.53. The first-order valence-electron chi connectivity index (χ1n) is 6.42. The Morgan fingerprint density at radius 3 is 2.84 bits per heavy atom. The Labute approximate surface area is 116 Å². The molecule has 1 aromatic heterocycles. The van der Waals surface area contributed by atoms with E-state index in [1.165, 1.54) is 0 Å². The van der Waals surface area contributed by atoms with Gasteiger partial charge in [-0.05, 0) is 31.4 Å². The number of para-hydroxylation sites is 1. The molecule has 100 valence electrons. The molecule has 0 spiro atoms. The van der Waals surface area contributed by atoms with Crippen LogP contribution in [0.5, 0.6) is 11.5 Å². The van der Waals surface area contributed by atoms with Gasteiger partial charge in [-0.3, -0.25) is 0 Å². The van der Waals surface area contributed by atoms with E-state index in [-0.39, 0.29) is 6.23 Å². The Morgan fingerprint density at radius 1 is 1.26 bits per heavy atom. The molecule has 0 bridgehead atoms. The van der Waals surface area contributed by atoms with Gasteiger partial charge in [0.25, 0.3) is 0 Å². The van der Waals surface area contributed by atoms with Crippen molar-refractivity contribution in [1.29, 1.82) is 0 Å². The van der Waals surface area contributed by atoms with Crippen LogP contribution in [0.2, 0.25) is 5.15 Å². The molecule has 1 atom stereocenters. The van der Waals surface area contributed by atoms with Crippen LogP contribution in [0.3, 0.4) is 0 Å². The molecular weight excluding hydrogens is 264 g/mol. The topological polar surface area (TPSA) is 36.3 Å². The molecule has 1 unspecified atom stereocenters. The average molecular weight is 279 g/mol. The normalized spacial score (nSPS) is 19.3. The van der Waals surface area contributed by atoms with E-state index < -0.39 is 0 Å². The lowest BCUT2D eigenvalue weighted by atomic mass is 10.2. The summed E-state index contributed by atoms with van der Waals surface area (Å²) in [7, 11) is 0. The molecular formula is C14H15ClN2O2. The number of hydrogen-bond donors (Lipinski definition) is 0. The molecule has 19 heavy (non-hydrogen) atoms. The summed E-state index contributed by atoms with van der Waals surface area (Å²) in [6.45, 7) is 0.760. The van der Waals surface area contributed by atoms with Gasteiger partial charge in [0, 0.05) is 6.61 Å². The lowest BCUT2D eigenvalue weighted by Gasteiger charge is -2.23. The molecule has 0 amide bonds. The van der Waals surface area contributed by atoms with Crippen LogP contribution in [-0.2, 0) is 4.74 Å². The van der Waals surface area contributed by atoms with Gasteiger partial charge in [0.05, 0.1) is 6.20 Å². The molecule has 0 saturated carbocycles. The van der Waals surface area contributed by atoms with E-state index in [1.807, 2.05) is 30.3 Å². The van der Waals surface area contributed by atoms with Crippen LogP contribution < -0.4 is 4.74 Å². The highest BCUT2D eigenvalue weighted by Crippen LogP contribution is 2.33. The minimum atomic E-state index is -0.0747. The van der Waals surface area contributed by atoms with Crippen molar-refractivity contribution in [2.24, 2.45) is 0 Å². The third kappa shape index (κ3) is 2.74. The first kappa shape index (κ1) is 12.5. The van der Waals surface area contributed by atoms with Crippen LogP contribution in [0.1, 0.15) is 25.5 Å². The molecule has 0 N–H and O–H groups in total. The van der Waals surface area contributed by atoms with Crippen LogP contribution in [0.25, 0.3) is 0 Å². The largest absolute Gasteiger partial charge is 0.452 e. The molecule has 5 heteroatoms. The van der Waals surface area contributed by atoms with Gasteiger partial charge in [0.1, 0.15) is 5.75 Å². The first-order valence-corrected chi connectivity index (χ1v) is 6.80. The fourth-order valence-corrected chi connectivity index (χ4v) is 2.37. The zero-order valence-corrected chi connectivity index (χ0v) is 11.2. The van der Waals surface area contributed by atoms with E-state index in [0.29, 0.717) is 10.9 Å². The number of nitrogens with zero attached hydrogens (tertiary/aromatic N) is 2. The molecule has 2 aromatic rings. The maximum absolute atomic E-state index is 6.30. The van der Waals surface area contributed by atoms with Gasteiger partial charge in [-0.2, -0.15) is 5.10 Å². The number of halogens is 1. The summed E-state index contributed by atoms with van der Waals surface area (Å²) < 4.78 is 13.1. The van der Waals surface area contributed by atoms with Crippen molar-refractivity contribution in [3.63, 3.8) is 0 Å². The van der Waals surface area contributed by atoms with E-state index in [2.05, 4.69) is 5.10 Å². The Balaban J connectivity index is 1.78. The van der Waals surface area contributed by atoms with E-state index in [9.17, 15) is 0 Å². The standard InChI is InChI=1S/C14H15ClN2O2/c15-14-12(19-11-6-2-1-3-7-11)10-16-17(14)13-8-4-5-9-18-13/h1-3,6-7,10,13H,4-5,8-9H2. The van der Waals surface area contributed by atoms with Crippen molar-refractivity contribution in [1.82, 2.24) is 9.78 Å². The Bertz CT molecular complexity index is 536. The highest BCUT2D eigenvalue weighted by atomic mass is 35.5. The summed E-state index contributed by atoms with van der Waals surface area (Å²) in [4.78, 5) is 0. The third-order valence-electron chi connectivity index (χ3n) is 3.10. The lowest BCUT2D eigenvalue weighted by molar-refractivity contribution is -0.0393. The van der Waals surface area contributed by atoms with Crippen LogP contribution >= 0.6 is 11.6 Å². The smallest absolute Gasteiger partial charge is 0.184 e. The van der Waals surface area contributed by atoms with Gasteiger partial charge in [-0.1, -0.05) is 29.8 Å². The predicted molar refractivity (Wildman–Crippen MR) is 72.6 cm³/mol. The van der Waals surface area contributed by atoms with E-state index in [4.69, 9.17) is 21.1 Å². The SMILES string of the molecule is Clc1c(Oc2ccccc2)cnn1C1CCCCO1. The van der Waals surface area contributed by atoms with Crippen molar-refractivity contribution >= 4 is 11.6 Å². The number of benzene rings is 1. The molecule has 1 saturated heterocycles. The Hall–Kier alpha value is -1.52. The van der Waals surface area contributed by atoms with Crippen molar-refractivity contribution < 1.29 is 9.47 Å². The highest BCUT2D eigenvalue weighted by molar-refractivity contribution is 6.31. The summed E-state index contributed by atoms with van der Waals surface area (Å²) in [5.41, 5.74) is 0. The first-order chi connectivity index (χ1) is 9.34. The molecule has 1 fully saturated rings. The van der Waals surface area contributed by atoms with E-state index in [0.717, 1.165) is 31.6 Å². The van der Waals surface area contributed by atoms with Crippen LogP contribution in [-0.4, -0.2) is 16.4 Å². The van der Waals surface area contributed by atoms with Gasteiger partial charge in [0.2, 0.25) is 0 Å². The molecule has 2 heterocycles. The molecule has 3 rings (SSSR count). The molecule has 1 aromatic carbocycles. The third-order valence-corrected chi connectivity index (χ3v) is 3.46. The van der Waals surface area contributed by atoms with Crippen molar-refractivity contribution in [2.75, 3.05) is 6.61 Å². The summed E-state index contributed by atoms with van der Waals surface area (Å²) >= 11 is 6.30. The average Bonchev–Trinajstić information content (AvgIpc) is 2.82. The molecule has 0 radical (unpaired) electrons. The van der Waals surface area contributed by atoms with Gasteiger partial charge in [-0.25, -0.2) is 4.68 Å². The van der Waals surface area contributed by atoms with Crippen LogP contribution in [0, 0.1) is 0 Å². The van der Waals surface area contributed by atoms with Gasteiger partial charge >= 0.3 is 0 Å². The van der Waals surface area contributed by atoms with Crippen molar-refractivity contribution in [3.8, 4) is 11.5 Å². The van der Waals surface area contributed by atoms with Crippen molar-refractivity contribution in [3.05, 3.63) is 41.7 Å². The molecule has 1 aliphatic heterocycles. The zero-order valence-electron chi connectivity index (χ0n) is 10.5. The zero-order chi connectivity index (χ0) is 13.1. The second kappa shape index (κ2) is 5.63. The highest BCUT2D eigenvalue weighted by Gasteiger charge is 2.21. The minimum absolute atomic E-state index is 0.0747. The van der Waals surface area contributed by atoms with Crippen LogP contribution in [0.15, 0.2) is 36.5 Å². The van der Waals surface area contributed by atoms with E-state index >= 15 is 0 Å². The lowest BCUT2D eigenvalue weighted by Crippen LogP contribution is -2.19. The second-order valence-electron chi connectivity index (χ2n) is 4.48. The Kier molecular flexibility index (Phi) is 3.71. The van der Waals surface area contributed by atoms with E-state index in [1.54, 1.807) is 10.9 Å². The number of hydrogen-bond acceptors (Lipinski definition) is 3. The fraction of sp³-hybridized carbons (Fsp3) is 0.357. The number of aromatic nitrogens is 2. The molecule has 0 aliphatic carbocycles. The minimum Gasteiger partial charge on any atom is -0.452 e. The summed E-state index contributed by atoms with van der Waals surface area (Å²) in [5, 5.41) is 4.75. The van der Waals surface area contributed by atoms with Gasteiger partial charge < -0.3 is 9.47 Å². The van der Waals surface area contributed by atoms with Gasteiger partial charge in [-0.15, -0.1) is 0 Å². The fourth-order valence-electron chi connectivity index (χ4n) is 2.13. The molecule has 4 nitrogen and oxygen atoms in total. The molecule has 1 aliphatic rings. The maximum Gasteiger partial charge on any atom is 0.184 e. The number of rotatable bonds is 3. The summed E-state index contributed by atoms with van der Waals surface area (Å²) in [5.74, 6) is 1.30. The monoisotopic (exact) mass is 278 g/mol. The second-order valence-corrected chi connectivity index (χ2v) is 4.84. The van der Waals surface area contributed by atoms with Gasteiger partial charge in [0.15, 0.2) is 17.1 Å². The van der Waals surface area contributed by atoms with Crippen LogP contribution in [0.4, 0.5) is 0 Å².